The summed E-state index contributed by atoms with van der Waals surface area (Å²) < 4.78 is 14.3. The van der Waals surface area contributed by atoms with E-state index >= 15 is 0 Å². The lowest BCUT2D eigenvalue weighted by molar-refractivity contribution is 0.304. The number of nitrogens with zero attached hydrogens (tertiary/aromatic N) is 2. The number of hydrogen-bond donors (Lipinski definition) is 1. The molecule has 2 aromatic carbocycles. The second-order valence-electron chi connectivity index (χ2n) is 3.94. The van der Waals surface area contributed by atoms with E-state index in [1.54, 1.807) is 12.1 Å². The minimum atomic E-state index is -0.310. The molecular weight excluding hydrogens is 263 g/mol. The van der Waals surface area contributed by atoms with Crippen molar-refractivity contribution in [2.24, 2.45) is 5.16 Å². The van der Waals surface area contributed by atoms with Gasteiger partial charge < -0.3 is 5.21 Å². The largest absolute Gasteiger partial charge is 0.410 e. The highest BCUT2D eigenvalue weighted by Gasteiger charge is 2.07. The van der Waals surface area contributed by atoms with Crippen LogP contribution in [0.25, 0.3) is 21.5 Å². The third kappa shape index (κ3) is 2.20. The summed E-state index contributed by atoms with van der Waals surface area (Å²) in [6.07, 6.45) is 0. The summed E-state index contributed by atoms with van der Waals surface area (Å²) in [7, 11) is 0. The summed E-state index contributed by atoms with van der Waals surface area (Å²) in [5.41, 5.74) is 2.08. The average Bonchev–Trinajstić information content (AvgIpc) is 2.46. The van der Waals surface area contributed by atoms with Crippen molar-refractivity contribution in [2.45, 2.75) is 0 Å². The lowest BCUT2D eigenvalue weighted by Crippen LogP contribution is -2.05. The van der Waals surface area contributed by atoms with Crippen LogP contribution < -0.4 is 4.67 Å². The van der Waals surface area contributed by atoms with Gasteiger partial charge in [-0.2, -0.15) is 0 Å². The Labute approximate surface area is 112 Å². The molecule has 0 unspecified atom stereocenters. The Balaban J connectivity index is 2.30. The predicted octanol–water partition coefficient (Wildman–Crippen LogP) is 3.39. The van der Waals surface area contributed by atoms with Crippen LogP contribution in [0.5, 0.6) is 0 Å². The van der Waals surface area contributed by atoms with Gasteiger partial charge in [-0.05, 0) is 36.4 Å². The fourth-order valence-corrected chi connectivity index (χ4v) is 2.69. The van der Waals surface area contributed by atoms with E-state index in [1.807, 2.05) is 24.3 Å². The van der Waals surface area contributed by atoms with E-state index in [1.165, 1.54) is 23.5 Å². The van der Waals surface area contributed by atoms with Crippen LogP contribution in [-0.2, 0) is 0 Å². The van der Waals surface area contributed by atoms with Crippen molar-refractivity contribution < 1.29 is 9.60 Å². The molecule has 0 saturated carbocycles. The third-order valence-electron chi connectivity index (χ3n) is 2.72. The molecular formula is C14H9FN2OS. The maximum atomic E-state index is 12.9. The zero-order valence-corrected chi connectivity index (χ0v) is 10.6. The molecule has 0 radical (unpaired) electrons. The molecule has 0 bridgehead atoms. The molecule has 0 aliphatic carbocycles. The second kappa shape index (κ2) is 4.78. The van der Waals surface area contributed by atoms with E-state index in [4.69, 9.17) is 5.21 Å². The van der Waals surface area contributed by atoms with Gasteiger partial charge in [0.15, 0.2) is 4.67 Å². The van der Waals surface area contributed by atoms with Crippen molar-refractivity contribution >= 4 is 21.6 Å². The molecule has 0 aliphatic heterocycles. The molecule has 3 rings (SSSR count). The lowest BCUT2D eigenvalue weighted by Gasteiger charge is -2.03. The van der Waals surface area contributed by atoms with E-state index < -0.39 is 0 Å². The molecule has 0 fully saturated rings. The number of benzene rings is 2. The molecule has 3 aromatic rings. The molecule has 1 aromatic heterocycles. The number of fused-ring (bicyclic) bond motifs is 1. The molecule has 19 heavy (non-hydrogen) atoms. The molecule has 1 N–H and O–H groups in total. The van der Waals surface area contributed by atoms with Crippen molar-refractivity contribution in [1.82, 2.24) is 4.98 Å². The number of halogens is 1. The fraction of sp³-hybridized carbons (Fsp3) is 0. The molecule has 0 amide bonds. The van der Waals surface area contributed by atoms with E-state index in [2.05, 4.69) is 10.1 Å². The quantitative estimate of drug-likeness (QED) is 0.545. The zero-order chi connectivity index (χ0) is 13.2. The van der Waals surface area contributed by atoms with Gasteiger partial charge in [0.1, 0.15) is 11.5 Å². The second-order valence-corrected chi connectivity index (χ2v) is 4.97. The van der Waals surface area contributed by atoms with E-state index in [-0.39, 0.29) is 5.82 Å². The van der Waals surface area contributed by atoms with Crippen LogP contribution in [-0.4, -0.2) is 10.2 Å². The third-order valence-corrected chi connectivity index (χ3v) is 3.75. The maximum Gasteiger partial charge on any atom is 0.182 e. The first-order valence-electron chi connectivity index (χ1n) is 5.62. The number of rotatable bonds is 1. The van der Waals surface area contributed by atoms with Crippen molar-refractivity contribution in [3.63, 3.8) is 0 Å². The molecule has 94 valence electrons. The Bertz CT molecular complexity index is 796. The van der Waals surface area contributed by atoms with Crippen LogP contribution in [0.15, 0.2) is 53.7 Å². The minimum Gasteiger partial charge on any atom is -0.410 e. The van der Waals surface area contributed by atoms with Crippen LogP contribution in [0, 0.1) is 5.82 Å². The van der Waals surface area contributed by atoms with Crippen molar-refractivity contribution in [3.8, 4) is 11.3 Å². The summed E-state index contributed by atoms with van der Waals surface area (Å²) >= 11 is 1.34. The van der Waals surface area contributed by atoms with Gasteiger partial charge in [-0.1, -0.05) is 17.3 Å². The summed E-state index contributed by atoms with van der Waals surface area (Å²) in [6, 6.07) is 13.6. The van der Waals surface area contributed by atoms with Gasteiger partial charge in [0, 0.05) is 5.56 Å². The molecule has 0 aliphatic rings. The van der Waals surface area contributed by atoms with Crippen molar-refractivity contribution in [1.29, 1.82) is 0 Å². The highest BCUT2D eigenvalue weighted by molar-refractivity contribution is 7.16. The van der Waals surface area contributed by atoms with Crippen LogP contribution in [0.1, 0.15) is 0 Å². The SMILES string of the molecule is O/N=c1/sc2ccccc2nc1-c1ccc(F)cc1. The Hall–Kier alpha value is -2.27. The number of hydrogen-bond acceptors (Lipinski definition) is 4. The summed E-state index contributed by atoms with van der Waals surface area (Å²) in [5.74, 6) is -0.310. The highest BCUT2D eigenvalue weighted by atomic mass is 32.1. The van der Waals surface area contributed by atoms with E-state index in [0.29, 0.717) is 10.4 Å². The maximum absolute atomic E-state index is 12.9. The van der Waals surface area contributed by atoms with Crippen LogP contribution >= 0.6 is 11.3 Å². The average molecular weight is 272 g/mol. The summed E-state index contributed by atoms with van der Waals surface area (Å²) in [6.45, 7) is 0. The van der Waals surface area contributed by atoms with Crippen LogP contribution in [0.3, 0.4) is 0 Å². The number of aromatic nitrogens is 1. The Morgan fingerprint density at radius 1 is 1.05 bits per heavy atom. The predicted molar refractivity (Wildman–Crippen MR) is 72.4 cm³/mol. The van der Waals surface area contributed by atoms with Crippen LogP contribution in [0.2, 0.25) is 0 Å². The first kappa shape index (κ1) is 11.8. The van der Waals surface area contributed by atoms with Gasteiger partial charge in [0.05, 0.1) is 10.2 Å². The Morgan fingerprint density at radius 3 is 2.53 bits per heavy atom. The molecule has 0 atom stereocenters. The highest BCUT2D eigenvalue weighted by Crippen LogP contribution is 2.20. The first-order chi connectivity index (χ1) is 9.28. The summed E-state index contributed by atoms with van der Waals surface area (Å²) in [4.78, 5) is 4.48. The normalized spacial score (nSPS) is 11.9. The summed E-state index contributed by atoms with van der Waals surface area (Å²) in [5, 5.41) is 12.4. The van der Waals surface area contributed by atoms with Gasteiger partial charge >= 0.3 is 0 Å². The Morgan fingerprint density at radius 2 is 1.79 bits per heavy atom. The van der Waals surface area contributed by atoms with Gasteiger partial charge in [0.25, 0.3) is 0 Å². The van der Waals surface area contributed by atoms with Crippen molar-refractivity contribution in [2.75, 3.05) is 0 Å². The smallest absolute Gasteiger partial charge is 0.182 e. The molecule has 1 heterocycles. The molecule has 3 nitrogen and oxygen atoms in total. The minimum absolute atomic E-state index is 0.310. The van der Waals surface area contributed by atoms with Crippen molar-refractivity contribution in [3.05, 3.63) is 59.0 Å². The number of para-hydroxylation sites is 1. The lowest BCUT2D eigenvalue weighted by atomic mass is 10.1. The van der Waals surface area contributed by atoms with Gasteiger partial charge in [-0.3, -0.25) is 0 Å². The van der Waals surface area contributed by atoms with Gasteiger partial charge in [-0.25, -0.2) is 9.37 Å². The fourth-order valence-electron chi connectivity index (χ4n) is 1.82. The van der Waals surface area contributed by atoms with Gasteiger partial charge in [-0.15, -0.1) is 11.3 Å². The first-order valence-corrected chi connectivity index (χ1v) is 6.43. The van der Waals surface area contributed by atoms with E-state index in [9.17, 15) is 4.39 Å². The standard InChI is InChI=1S/C14H9FN2OS/c15-10-7-5-9(6-8-10)13-14(17-18)19-12-4-2-1-3-11(12)16-13/h1-8,18H/b17-14+. The molecule has 5 heteroatoms. The molecule has 0 spiro atoms. The van der Waals surface area contributed by atoms with Crippen LogP contribution in [0.4, 0.5) is 4.39 Å². The monoisotopic (exact) mass is 272 g/mol. The zero-order valence-electron chi connectivity index (χ0n) is 9.75. The van der Waals surface area contributed by atoms with E-state index in [0.717, 1.165) is 15.8 Å². The molecule has 0 saturated heterocycles. The Kier molecular flexibility index (Phi) is 2.97. The topological polar surface area (TPSA) is 45.5 Å². The van der Waals surface area contributed by atoms with Gasteiger partial charge in [0.2, 0.25) is 0 Å².